The fourth-order valence-corrected chi connectivity index (χ4v) is 2.58. The second-order valence-corrected chi connectivity index (χ2v) is 6.35. The summed E-state index contributed by atoms with van der Waals surface area (Å²) in [4.78, 5) is 2.07. The van der Waals surface area contributed by atoms with Crippen molar-refractivity contribution >= 4 is 11.6 Å². The molecule has 0 fully saturated rings. The lowest BCUT2D eigenvalue weighted by Gasteiger charge is -2.14. The van der Waals surface area contributed by atoms with Gasteiger partial charge in [-0.15, -0.1) is 10.2 Å². The Hall–Kier alpha value is -2.37. The molecule has 0 amide bonds. The lowest BCUT2D eigenvalue weighted by atomic mass is 10.1. The third-order valence-electron chi connectivity index (χ3n) is 3.67. The molecular weight excluding hydrogens is 338 g/mol. The van der Waals surface area contributed by atoms with Gasteiger partial charge in [0, 0.05) is 17.1 Å². The van der Waals surface area contributed by atoms with Crippen molar-refractivity contribution < 1.29 is 9.15 Å². The summed E-state index contributed by atoms with van der Waals surface area (Å²) in [6, 6.07) is 15.4. The molecule has 0 saturated heterocycles. The molecule has 0 aliphatic carbocycles. The Bertz CT molecular complexity index is 835. The number of halogens is 1. The number of hydrogen-bond acceptors (Lipinski definition) is 5. The fourth-order valence-electron chi connectivity index (χ4n) is 2.40. The molecule has 6 heteroatoms. The number of benzene rings is 2. The number of nitrogens with zero attached hydrogens (tertiary/aromatic N) is 3. The molecule has 3 aromatic rings. The normalized spacial score (nSPS) is 11.0. The molecule has 2 aromatic carbocycles. The summed E-state index contributed by atoms with van der Waals surface area (Å²) in [7, 11) is 1.98. The number of ether oxygens (including phenoxy) is 1. The quantitative estimate of drug-likeness (QED) is 0.634. The van der Waals surface area contributed by atoms with Crippen LogP contribution in [-0.2, 0) is 6.54 Å². The monoisotopic (exact) mass is 357 g/mol. The highest BCUT2D eigenvalue weighted by molar-refractivity contribution is 6.30. The first-order chi connectivity index (χ1) is 12.1. The predicted molar refractivity (Wildman–Crippen MR) is 97.8 cm³/mol. The Morgan fingerprint density at radius 3 is 2.76 bits per heavy atom. The van der Waals surface area contributed by atoms with E-state index in [9.17, 15) is 0 Å². The van der Waals surface area contributed by atoms with Crippen LogP contribution < -0.4 is 4.74 Å². The minimum Gasteiger partial charge on any atom is -0.492 e. The van der Waals surface area contributed by atoms with Gasteiger partial charge < -0.3 is 9.15 Å². The highest BCUT2D eigenvalue weighted by atomic mass is 35.5. The first kappa shape index (κ1) is 17.5. The van der Waals surface area contributed by atoms with E-state index < -0.39 is 0 Å². The van der Waals surface area contributed by atoms with Crippen molar-refractivity contribution in [2.24, 2.45) is 0 Å². The zero-order chi connectivity index (χ0) is 17.6. The molecular formula is C19H20ClN3O2. The topological polar surface area (TPSA) is 51.4 Å². The van der Waals surface area contributed by atoms with Crippen LogP contribution in [0.5, 0.6) is 5.75 Å². The van der Waals surface area contributed by atoms with Gasteiger partial charge in [0.05, 0.1) is 6.54 Å². The molecule has 0 aliphatic heterocycles. The highest BCUT2D eigenvalue weighted by Gasteiger charge is 2.11. The van der Waals surface area contributed by atoms with E-state index >= 15 is 0 Å². The van der Waals surface area contributed by atoms with E-state index in [2.05, 4.69) is 15.1 Å². The number of hydrogen-bond donors (Lipinski definition) is 0. The smallest absolute Gasteiger partial charge is 0.247 e. The van der Waals surface area contributed by atoms with Crippen LogP contribution in [0.3, 0.4) is 0 Å². The molecule has 130 valence electrons. The van der Waals surface area contributed by atoms with Crippen LogP contribution in [-0.4, -0.2) is 35.3 Å². The number of aryl methyl sites for hydroxylation is 1. The van der Waals surface area contributed by atoms with Crippen LogP contribution in [0.15, 0.2) is 52.9 Å². The van der Waals surface area contributed by atoms with Crippen LogP contribution in [0.25, 0.3) is 11.5 Å². The fraction of sp³-hybridized carbons (Fsp3) is 0.263. The number of rotatable bonds is 7. The maximum atomic E-state index is 5.94. The molecule has 0 N–H and O–H groups in total. The van der Waals surface area contributed by atoms with Crippen LogP contribution in [0.4, 0.5) is 0 Å². The van der Waals surface area contributed by atoms with Gasteiger partial charge in [0.2, 0.25) is 11.8 Å². The summed E-state index contributed by atoms with van der Waals surface area (Å²) in [6.07, 6.45) is 0. The SMILES string of the molecule is Cc1cccc(-c2nnc(CN(C)CCOc3cccc(Cl)c3)o2)c1. The first-order valence-electron chi connectivity index (χ1n) is 8.06. The van der Waals surface area contributed by atoms with Gasteiger partial charge >= 0.3 is 0 Å². The van der Waals surface area contributed by atoms with Crippen molar-refractivity contribution in [3.63, 3.8) is 0 Å². The average Bonchev–Trinajstić information content (AvgIpc) is 3.03. The van der Waals surface area contributed by atoms with Crippen molar-refractivity contribution in [3.05, 3.63) is 65.0 Å². The largest absolute Gasteiger partial charge is 0.492 e. The van der Waals surface area contributed by atoms with Gasteiger partial charge in [-0.1, -0.05) is 35.4 Å². The van der Waals surface area contributed by atoms with Gasteiger partial charge in [-0.2, -0.15) is 0 Å². The van der Waals surface area contributed by atoms with Crippen LogP contribution in [0.2, 0.25) is 5.02 Å². The Morgan fingerprint density at radius 1 is 1.12 bits per heavy atom. The molecule has 1 aromatic heterocycles. The third-order valence-corrected chi connectivity index (χ3v) is 3.91. The zero-order valence-corrected chi connectivity index (χ0v) is 15.0. The van der Waals surface area contributed by atoms with E-state index in [0.717, 1.165) is 23.4 Å². The second-order valence-electron chi connectivity index (χ2n) is 5.91. The van der Waals surface area contributed by atoms with Gasteiger partial charge in [-0.05, 0) is 44.3 Å². The Morgan fingerprint density at radius 2 is 1.96 bits per heavy atom. The summed E-state index contributed by atoms with van der Waals surface area (Å²) in [5, 5.41) is 8.92. The third kappa shape index (κ3) is 5.05. The van der Waals surface area contributed by atoms with E-state index in [4.69, 9.17) is 20.8 Å². The summed E-state index contributed by atoms with van der Waals surface area (Å²) >= 11 is 5.94. The van der Waals surface area contributed by atoms with E-state index in [-0.39, 0.29) is 0 Å². The molecule has 0 saturated carbocycles. The lowest BCUT2D eigenvalue weighted by Crippen LogP contribution is -2.24. The van der Waals surface area contributed by atoms with Gasteiger partial charge in [0.25, 0.3) is 0 Å². The summed E-state index contributed by atoms with van der Waals surface area (Å²) < 4.78 is 11.4. The van der Waals surface area contributed by atoms with E-state index in [1.807, 2.05) is 56.4 Å². The molecule has 3 rings (SSSR count). The molecule has 5 nitrogen and oxygen atoms in total. The molecule has 0 radical (unpaired) electrons. The van der Waals surface area contributed by atoms with E-state index in [1.165, 1.54) is 0 Å². The molecule has 1 heterocycles. The predicted octanol–water partition coefficient (Wildman–Crippen LogP) is 4.21. The molecule has 0 atom stereocenters. The Labute approximate surface area is 152 Å². The summed E-state index contributed by atoms with van der Waals surface area (Å²) in [5.41, 5.74) is 2.10. The minimum absolute atomic E-state index is 0.544. The van der Waals surface area contributed by atoms with Gasteiger partial charge in [0.15, 0.2) is 0 Å². The standard InChI is InChI=1S/C19H20ClN3O2/c1-14-5-3-6-15(11-14)19-22-21-18(25-19)13-23(2)9-10-24-17-8-4-7-16(20)12-17/h3-8,11-12H,9-10,13H2,1-2H3. The van der Waals surface area contributed by atoms with Gasteiger partial charge in [-0.25, -0.2) is 0 Å². The van der Waals surface area contributed by atoms with Gasteiger partial charge in [0.1, 0.15) is 12.4 Å². The summed E-state index contributed by atoms with van der Waals surface area (Å²) in [6.45, 7) is 3.89. The van der Waals surface area contributed by atoms with Crippen LogP contribution >= 0.6 is 11.6 Å². The van der Waals surface area contributed by atoms with Crippen molar-refractivity contribution in [3.8, 4) is 17.2 Å². The zero-order valence-electron chi connectivity index (χ0n) is 14.3. The van der Waals surface area contributed by atoms with Crippen LogP contribution in [0.1, 0.15) is 11.5 Å². The molecule has 0 spiro atoms. The average molecular weight is 358 g/mol. The van der Waals surface area contributed by atoms with Crippen molar-refractivity contribution in [1.82, 2.24) is 15.1 Å². The van der Waals surface area contributed by atoms with Crippen molar-refractivity contribution in [1.29, 1.82) is 0 Å². The van der Waals surface area contributed by atoms with Crippen LogP contribution in [0, 0.1) is 6.92 Å². The first-order valence-corrected chi connectivity index (χ1v) is 8.44. The second kappa shape index (κ2) is 8.14. The lowest BCUT2D eigenvalue weighted by molar-refractivity contribution is 0.220. The van der Waals surface area contributed by atoms with Crippen molar-refractivity contribution in [2.75, 3.05) is 20.2 Å². The van der Waals surface area contributed by atoms with E-state index in [1.54, 1.807) is 6.07 Å². The highest BCUT2D eigenvalue weighted by Crippen LogP contribution is 2.19. The minimum atomic E-state index is 0.544. The maximum Gasteiger partial charge on any atom is 0.247 e. The molecule has 25 heavy (non-hydrogen) atoms. The van der Waals surface area contributed by atoms with Gasteiger partial charge in [-0.3, -0.25) is 4.90 Å². The number of likely N-dealkylation sites (N-methyl/N-ethyl adjacent to an activating group) is 1. The Balaban J connectivity index is 1.50. The maximum absolute atomic E-state index is 5.94. The Kier molecular flexibility index (Phi) is 5.68. The molecule has 0 unspecified atom stereocenters. The summed E-state index contributed by atoms with van der Waals surface area (Å²) in [5.74, 6) is 1.89. The number of aromatic nitrogens is 2. The molecule has 0 aliphatic rings. The molecule has 0 bridgehead atoms. The van der Waals surface area contributed by atoms with E-state index in [0.29, 0.717) is 30.0 Å². The van der Waals surface area contributed by atoms with Crippen molar-refractivity contribution in [2.45, 2.75) is 13.5 Å².